The molecule has 1 aliphatic heterocycles. The van der Waals surface area contributed by atoms with Gasteiger partial charge in [-0.05, 0) is 42.0 Å². The summed E-state index contributed by atoms with van der Waals surface area (Å²) >= 11 is 0. The van der Waals surface area contributed by atoms with Gasteiger partial charge in [-0.25, -0.2) is 9.79 Å². The van der Waals surface area contributed by atoms with Crippen molar-refractivity contribution in [1.29, 1.82) is 5.26 Å². The molecule has 1 heterocycles. The van der Waals surface area contributed by atoms with Gasteiger partial charge in [0.25, 0.3) is 0 Å². The second-order valence-corrected chi connectivity index (χ2v) is 7.24. The Morgan fingerprint density at radius 1 is 1.19 bits per heavy atom. The molecule has 31 heavy (non-hydrogen) atoms. The number of hydrogen-bond acceptors (Lipinski definition) is 5. The third kappa shape index (κ3) is 6.46. The number of nitriles is 1. The average molecular weight is 422 g/mol. The molecule has 0 spiro atoms. The fraction of sp³-hybridized carbons (Fsp3) is 0.348. The van der Waals surface area contributed by atoms with Gasteiger partial charge in [-0.15, -0.1) is 0 Å². The van der Waals surface area contributed by atoms with E-state index in [4.69, 9.17) is 20.1 Å². The van der Waals surface area contributed by atoms with Crippen molar-refractivity contribution >= 4 is 17.6 Å². The van der Waals surface area contributed by atoms with E-state index < -0.39 is 5.97 Å². The first-order valence-electron chi connectivity index (χ1n) is 10.2. The lowest BCUT2D eigenvalue weighted by Gasteiger charge is -2.36. The van der Waals surface area contributed by atoms with E-state index in [1.165, 1.54) is 0 Å². The van der Waals surface area contributed by atoms with Gasteiger partial charge in [0.2, 0.25) is 0 Å². The van der Waals surface area contributed by atoms with Crippen LogP contribution in [0.15, 0.2) is 53.5 Å². The van der Waals surface area contributed by atoms with Crippen molar-refractivity contribution in [2.45, 2.75) is 13.0 Å². The van der Waals surface area contributed by atoms with E-state index in [2.05, 4.69) is 21.2 Å². The first-order chi connectivity index (χ1) is 15.1. The van der Waals surface area contributed by atoms with Crippen molar-refractivity contribution < 1.29 is 14.6 Å². The van der Waals surface area contributed by atoms with Gasteiger partial charge in [0.1, 0.15) is 5.75 Å². The molecule has 2 N–H and O–H groups in total. The van der Waals surface area contributed by atoms with Gasteiger partial charge in [0, 0.05) is 44.8 Å². The lowest BCUT2D eigenvalue weighted by molar-refractivity contribution is 0.0697. The Hall–Kier alpha value is -3.57. The highest BCUT2D eigenvalue weighted by Crippen LogP contribution is 2.15. The van der Waals surface area contributed by atoms with Crippen molar-refractivity contribution in [3.05, 3.63) is 59.7 Å². The summed E-state index contributed by atoms with van der Waals surface area (Å²) in [6.45, 7) is 4.58. The molecule has 1 fully saturated rings. The highest BCUT2D eigenvalue weighted by Gasteiger charge is 2.20. The molecular formula is C23H27N5O3. The normalized spacial score (nSPS) is 14.7. The molecule has 8 nitrogen and oxygen atoms in total. The van der Waals surface area contributed by atoms with Crippen LogP contribution >= 0.6 is 0 Å². The van der Waals surface area contributed by atoms with Crippen LogP contribution in [-0.2, 0) is 6.54 Å². The molecule has 0 radical (unpaired) electrons. The van der Waals surface area contributed by atoms with Gasteiger partial charge in [-0.3, -0.25) is 4.90 Å². The molecule has 2 aromatic rings. The third-order valence-electron chi connectivity index (χ3n) is 5.15. The van der Waals surface area contributed by atoms with Gasteiger partial charge >= 0.3 is 5.97 Å². The highest BCUT2D eigenvalue weighted by atomic mass is 16.5. The van der Waals surface area contributed by atoms with Crippen LogP contribution < -0.4 is 10.1 Å². The molecule has 2 aromatic carbocycles. The van der Waals surface area contributed by atoms with E-state index in [9.17, 15) is 4.79 Å². The van der Waals surface area contributed by atoms with Crippen LogP contribution in [-0.4, -0.2) is 66.7 Å². The largest absolute Gasteiger partial charge is 0.497 e. The van der Waals surface area contributed by atoms with Crippen molar-refractivity contribution in [1.82, 2.24) is 9.80 Å². The molecule has 3 rings (SSSR count). The predicted octanol–water partition coefficient (Wildman–Crippen LogP) is 2.89. The monoisotopic (exact) mass is 421 g/mol. The Bertz CT molecular complexity index is 944. The third-order valence-corrected chi connectivity index (χ3v) is 5.15. The number of guanidine groups is 1. The van der Waals surface area contributed by atoms with E-state index in [-0.39, 0.29) is 5.56 Å². The maximum atomic E-state index is 11.1. The van der Waals surface area contributed by atoms with Crippen LogP contribution in [0.3, 0.4) is 0 Å². The average Bonchev–Trinajstić information content (AvgIpc) is 2.81. The Labute approximate surface area is 182 Å². The number of nitrogens with one attached hydrogen (secondary N) is 1. The van der Waals surface area contributed by atoms with E-state index in [1.807, 2.05) is 24.3 Å². The quantitative estimate of drug-likeness (QED) is 0.524. The number of ether oxygens (including phenoxy) is 1. The zero-order chi connectivity index (χ0) is 22.1. The zero-order valence-corrected chi connectivity index (χ0v) is 17.6. The van der Waals surface area contributed by atoms with Crippen LogP contribution in [0.4, 0.5) is 5.69 Å². The molecule has 0 aromatic heterocycles. The molecule has 0 saturated carbocycles. The summed E-state index contributed by atoms with van der Waals surface area (Å²) < 4.78 is 5.30. The molecule has 0 atom stereocenters. The maximum Gasteiger partial charge on any atom is 0.335 e. The number of carbonyl (C=O) groups is 1. The summed E-state index contributed by atoms with van der Waals surface area (Å²) in [7, 11) is 1.64. The molecule has 8 heteroatoms. The van der Waals surface area contributed by atoms with E-state index in [1.54, 1.807) is 31.4 Å². The van der Waals surface area contributed by atoms with Gasteiger partial charge < -0.3 is 20.1 Å². The van der Waals surface area contributed by atoms with Crippen molar-refractivity contribution in [3.8, 4) is 11.8 Å². The fourth-order valence-corrected chi connectivity index (χ4v) is 3.37. The summed E-state index contributed by atoms with van der Waals surface area (Å²) in [4.78, 5) is 20.4. The number of aliphatic imine (C=N–C) groups is 1. The Morgan fingerprint density at radius 3 is 2.58 bits per heavy atom. The molecule has 0 unspecified atom stereocenters. The van der Waals surface area contributed by atoms with Crippen LogP contribution in [0, 0.1) is 11.3 Å². The van der Waals surface area contributed by atoms with Gasteiger partial charge in [0.15, 0.2) is 5.96 Å². The lowest BCUT2D eigenvalue weighted by Crippen LogP contribution is -2.50. The summed E-state index contributed by atoms with van der Waals surface area (Å²) in [5, 5.41) is 21.3. The standard InChI is InChI=1S/C23H27N5O3/c1-31-21-5-2-4-18(16-21)17-25-23(26-20-8-6-19(7-9-20)22(29)30)28-14-12-27(13-15-28)11-3-10-24/h2,4-9,16H,3,11-15,17H2,1H3,(H,25,26)(H,29,30). The van der Waals surface area contributed by atoms with E-state index >= 15 is 0 Å². The van der Waals surface area contributed by atoms with Crippen molar-refractivity contribution in [2.24, 2.45) is 4.99 Å². The molecular weight excluding hydrogens is 394 g/mol. The Morgan fingerprint density at radius 2 is 1.94 bits per heavy atom. The number of carboxylic acids is 1. The van der Waals surface area contributed by atoms with Crippen LogP contribution in [0.5, 0.6) is 5.75 Å². The predicted molar refractivity (Wildman–Crippen MR) is 119 cm³/mol. The van der Waals surface area contributed by atoms with E-state index in [0.29, 0.717) is 13.0 Å². The summed E-state index contributed by atoms with van der Waals surface area (Å²) in [6.07, 6.45) is 0.533. The molecule has 0 aliphatic carbocycles. The number of carboxylic acid groups (broad SMARTS) is 1. The minimum atomic E-state index is -0.952. The van der Waals surface area contributed by atoms with Crippen LogP contribution in [0.2, 0.25) is 0 Å². The summed E-state index contributed by atoms with van der Waals surface area (Å²) in [5.74, 6) is 0.579. The number of anilines is 1. The number of aromatic carboxylic acids is 1. The second kappa shape index (κ2) is 11.0. The first kappa shape index (κ1) is 22.1. The Balaban J connectivity index is 1.74. The number of hydrogen-bond donors (Lipinski definition) is 2. The highest BCUT2D eigenvalue weighted by molar-refractivity contribution is 5.94. The van der Waals surface area contributed by atoms with Gasteiger partial charge in [-0.2, -0.15) is 5.26 Å². The Kier molecular flexibility index (Phi) is 7.85. The molecule has 1 saturated heterocycles. The first-order valence-corrected chi connectivity index (χ1v) is 10.2. The smallest absolute Gasteiger partial charge is 0.335 e. The minimum Gasteiger partial charge on any atom is -0.497 e. The lowest BCUT2D eigenvalue weighted by atomic mass is 10.2. The number of rotatable bonds is 7. The van der Waals surface area contributed by atoms with Crippen molar-refractivity contribution in [3.63, 3.8) is 0 Å². The number of benzene rings is 2. The maximum absolute atomic E-state index is 11.1. The fourth-order valence-electron chi connectivity index (χ4n) is 3.37. The molecule has 1 aliphatic rings. The molecule has 0 amide bonds. The summed E-state index contributed by atoms with van der Waals surface area (Å²) in [6, 6.07) is 16.6. The van der Waals surface area contributed by atoms with Crippen LogP contribution in [0.25, 0.3) is 0 Å². The van der Waals surface area contributed by atoms with Crippen molar-refractivity contribution in [2.75, 3.05) is 45.2 Å². The zero-order valence-electron chi connectivity index (χ0n) is 17.6. The number of piperazine rings is 1. The summed E-state index contributed by atoms with van der Waals surface area (Å²) in [5.41, 5.74) is 2.06. The van der Waals surface area contributed by atoms with E-state index in [0.717, 1.165) is 55.7 Å². The minimum absolute atomic E-state index is 0.242. The van der Waals surface area contributed by atoms with Gasteiger partial charge in [-0.1, -0.05) is 12.1 Å². The van der Waals surface area contributed by atoms with Crippen LogP contribution in [0.1, 0.15) is 22.3 Å². The molecule has 162 valence electrons. The van der Waals surface area contributed by atoms with Gasteiger partial charge in [0.05, 0.1) is 25.3 Å². The topological polar surface area (TPSA) is 101 Å². The second-order valence-electron chi connectivity index (χ2n) is 7.24. The number of methoxy groups -OCH3 is 1. The number of nitrogens with zero attached hydrogens (tertiary/aromatic N) is 4. The molecule has 0 bridgehead atoms. The SMILES string of the molecule is COc1cccc(CN=C(Nc2ccc(C(=O)O)cc2)N2CCN(CCC#N)CC2)c1.